The van der Waals surface area contributed by atoms with Crippen molar-refractivity contribution in [3.05, 3.63) is 29.3 Å². The third-order valence-corrected chi connectivity index (χ3v) is 3.85. The zero-order valence-corrected chi connectivity index (χ0v) is 17.3. The molecule has 1 aliphatic heterocycles. The van der Waals surface area contributed by atoms with E-state index in [4.69, 9.17) is 21.1 Å². The molecule has 0 amide bonds. The van der Waals surface area contributed by atoms with Gasteiger partial charge in [-0.3, -0.25) is 0 Å². The van der Waals surface area contributed by atoms with Gasteiger partial charge in [0, 0.05) is 19.7 Å². The lowest BCUT2D eigenvalue weighted by Gasteiger charge is -2.17. The van der Waals surface area contributed by atoms with Crippen molar-refractivity contribution in [1.82, 2.24) is 10.6 Å². The van der Waals surface area contributed by atoms with Crippen LogP contribution in [0.1, 0.15) is 26.7 Å². The lowest BCUT2D eigenvalue weighted by Crippen LogP contribution is -2.41. The minimum absolute atomic E-state index is 0. The molecule has 1 aliphatic rings. The van der Waals surface area contributed by atoms with Gasteiger partial charge in [-0.1, -0.05) is 23.7 Å². The SMILES string of the molecule is CCNC(=NCC(C)Oc1ccccc1Cl)NCC1CCCO1.I. The van der Waals surface area contributed by atoms with Crippen molar-refractivity contribution in [2.45, 2.75) is 38.9 Å². The highest BCUT2D eigenvalue weighted by Gasteiger charge is 2.15. The van der Waals surface area contributed by atoms with Crippen LogP contribution in [0, 0.1) is 0 Å². The average molecular weight is 468 g/mol. The second-order valence-corrected chi connectivity index (χ2v) is 6.00. The first kappa shape index (κ1) is 21.3. The summed E-state index contributed by atoms with van der Waals surface area (Å²) < 4.78 is 11.4. The van der Waals surface area contributed by atoms with Crippen LogP contribution in [0.15, 0.2) is 29.3 Å². The molecule has 0 spiro atoms. The van der Waals surface area contributed by atoms with Crippen LogP contribution < -0.4 is 15.4 Å². The Hall–Kier alpha value is -0.730. The normalized spacial score (nSPS) is 18.6. The maximum Gasteiger partial charge on any atom is 0.191 e. The zero-order chi connectivity index (χ0) is 16.5. The Labute approximate surface area is 166 Å². The van der Waals surface area contributed by atoms with Crippen LogP contribution in [0.4, 0.5) is 0 Å². The van der Waals surface area contributed by atoms with E-state index >= 15 is 0 Å². The van der Waals surface area contributed by atoms with Crippen LogP contribution in [0.5, 0.6) is 5.75 Å². The quantitative estimate of drug-likeness (QED) is 0.366. The molecule has 0 aliphatic carbocycles. The standard InChI is InChI=1S/C17H26ClN3O2.HI/c1-3-19-17(21-12-14-7-6-10-22-14)20-11-13(2)23-16-9-5-4-8-15(16)18;/h4-5,8-9,13-14H,3,6-7,10-12H2,1-2H3,(H2,19,20,21);1H. The van der Waals surface area contributed by atoms with E-state index in [1.165, 1.54) is 0 Å². The number of ether oxygens (including phenoxy) is 2. The zero-order valence-electron chi connectivity index (χ0n) is 14.3. The van der Waals surface area contributed by atoms with Gasteiger partial charge in [-0.25, -0.2) is 4.99 Å². The molecule has 2 rings (SSSR count). The van der Waals surface area contributed by atoms with Crippen molar-refractivity contribution in [2.75, 3.05) is 26.2 Å². The molecule has 24 heavy (non-hydrogen) atoms. The molecule has 0 bridgehead atoms. The minimum atomic E-state index is -0.0620. The summed E-state index contributed by atoms with van der Waals surface area (Å²) in [7, 11) is 0. The molecule has 1 fully saturated rings. The highest BCUT2D eigenvalue weighted by Crippen LogP contribution is 2.24. The Morgan fingerprint density at radius 2 is 2.21 bits per heavy atom. The summed E-state index contributed by atoms with van der Waals surface area (Å²) in [4.78, 5) is 4.57. The highest BCUT2D eigenvalue weighted by atomic mass is 127. The molecule has 5 nitrogen and oxygen atoms in total. The second kappa shape index (κ2) is 11.8. The van der Waals surface area contributed by atoms with Crippen molar-refractivity contribution >= 4 is 41.5 Å². The molecule has 1 heterocycles. The number of benzene rings is 1. The van der Waals surface area contributed by atoms with E-state index < -0.39 is 0 Å². The van der Waals surface area contributed by atoms with Crippen LogP contribution in [0.2, 0.25) is 5.02 Å². The molecule has 1 saturated heterocycles. The van der Waals surface area contributed by atoms with Crippen molar-refractivity contribution in [2.24, 2.45) is 4.99 Å². The fourth-order valence-electron chi connectivity index (χ4n) is 2.37. The predicted octanol–water partition coefficient (Wildman–Crippen LogP) is 3.46. The average Bonchev–Trinajstić information content (AvgIpc) is 3.06. The number of halogens is 2. The molecule has 136 valence electrons. The van der Waals surface area contributed by atoms with Crippen molar-refractivity contribution in [3.8, 4) is 5.75 Å². The van der Waals surface area contributed by atoms with E-state index in [9.17, 15) is 0 Å². The van der Waals surface area contributed by atoms with Crippen molar-refractivity contribution < 1.29 is 9.47 Å². The number of nitrogens with one attached hydrogen (secondary N) is 2. The van der Waals surface area contributed by atoms with Gasteiger partial charge in [-0.2, -0.15) is 0 Å². The van der Waals surface area contributed by atoms with Gasteiger partial charge in [-0.05, 0) is 38.8 Å². The van der Waals surface area contributed by atoms with Crippen LogP contribution in [-0.4, -0.2) is 44.4 Å². The van der Waals surface area contributed by atoms with Gasteiger partial charge < -0.3 is 20.1 Å². The van der Waals surface area contributed by atoms with Crippen LogP contribution >= 0.6 is 35.6 Å². The molecule has 2 atom stereocenters. The molecule has 7 heteroatoms. The Balaban J connectivity index is 0.00000288. The fourth-order valence-corrected chi connectivity index (χ4v) is 2.55. The molecule has 2 unspecified atom stereocenters. The second-order valence-electron chi connectivity index (χ2n) is 5.59. The lowest BCUT2D eigenvalue weighted by molar-refractivity contribution is 0.113. The number of para-hydroxylation sites is 1. The van der Waals surface area contributed by atoms with Crippen LogP contribution in [0.25, 0.3) is 0 Å². The number of hydrogen-bond donors (Lipinski definition) is 2. The van der Waals surface area contributed by atoms with Gasteiger partial charge in [0.25, 0.3) is 0 Å². The molecule has 2 N–H and O–H groups in total. The van der Waals surface area contributed by atoms with Gasteiger partial charge in [0.2, 0.25) is 0 Å². The summed E-state index contributed by atoms with van der Waals surface area (Å²) in [5.41, 5.74) is 0. The smallest absolute Gasteiger partial charge is 0.191 e. The Bertz CT molecular complexity index is 510. The molecule has 1 aromatic rings. The van der Waals surface area contributed by atoms with E-state index in [1.54, 1.807) is 0 Å². The van der Waals surface area contributed by atoms with Gasteiger partial charge in [0.1, 0.15) is 11.9 Å². The Morgan fingerprint density at radius 1 is 1.42 bits per heavy atom. The van der Waals surface area contributed by atoms with Crippen LogP contribution in [-0.2, 0) is 4.74 Å². The number of rotatable bonds is 7. The van der Waals surface area contributed by atoms with Crippen LogP contribution in [0.3, 0.4) is 0 Å². The third-order valence-electron chi connectivity index (χ3n) is 3.54. The van der Waals surface area contributed by atoms with Gasteiger partial charge in [0.05, 0.1) is 17.7 Å². The van der Waals surface area contributed by atoms with Crippen molar-refractivity contribution in [3.63, 3.8) is 0 Å². The molecular weight excluding hydrogens is 441 g/mol. The summed E-state index contributed by atoms with van der Waals surface area (Å²) >= 11 is 6.10. The topological polar surface area (TPSA) is 54.9 Å². The third kappa shape index (κ3) is 7.44. The van der Waals surface area contributed by atoms with E-state index in [1.807, 2.05) is 38.1 Å². The molecular formula is C17H27ClIN3O2. The predicted molar refractivity (Wildman–Crippen MR) is 110 cm³/mol. The first-order chi connectivity index (χ1) is 11.2. The first-order valence-electron chi connectivity index (χ1n) is 8.24. The summed E-state index contributed by atoms with van der Waals surface area (Å²) in [5.74, 6) is 1.48. The Kier molecular flexibility index (Phi) is 10.4. The maximum absolute atomic E-state index is 6.10. The summed E-state index contributed by atoms with van der Waals surface area (Å²) in [6.45, 7) is 7.04. The van der Waals surface area contributed by atoms with E-state index in [0.717, 1.165) is 38.5 Å². The van der Waals surface area contributed by atoms with E-state index in [0.29, 0.717) is 17.3 Å². The number of hydrogen-bond acceptors (Lipinski definition) is 3. The summed E-state index contributed by atoms with van der Waals surface area (Å²) in [5, 5.41) is 7.18. The first-order valence-corrected chi connectivity index (χ1v) is 8.61. The summed E-state index contributed by atoms with van der Waals surface area (Å²) in [6, 6.07) is 7.48. The van der Waals surface area contributed by atoms with E-state index in [-0.39, 0.29) is 36.2 Å². The fraction of sp³-hybridized carbons (Fsp3) is 0.588. The maximum atomic E-state index is 6.10. The Morgan fingerprint density at radius 3 is 2.88 bits per heavy atom. The van der Waals surface area contributed by atoms with Gasteiger partial charge >= 0.3 is 0 Å². The van der Waals surface area contributed by atoms with Gasteiger partial charge in [0.15, 0.2) is 5.96 Å². The molecule has 0 saturated carbocycles. The van der Waals surface area contributed by atoms with Crippen molar-refractivity contribution in [1.29, 1.82) is 0 Å². The minimum Gasteiger partial charge on any atom is -0.487 e. The largest absolute Gasteiger partial charge is 0.487 e. The number of aliphatic imine (C=N–C) groups is 1. The monoisotopic (exact) mass is 467 g/mol. The number of nitrogens with zero attached hydrogens (tertiary/aromatic N) is 1. The number of guanidine groups is 1. The van der Waals surface area contributed by atoms with E-state index in [2.05, 4.69) is 15.6 Å². The lowest BCUT2D eigenvalue weighted by atomic mass is 10.2. The summed E-state index contributed by atoms with van der Waals surface area (Å²) in [6.07, 6.45) is 2.48. The van der Waals surface area contributed by atoms with Gasteiger partial charge in [-0.15, -0.1) is 24.0 Å². The molecule has 0 aromatic heterocycles. The highest BCUT2D eigenvalue weighted by molar-refractivity contribution is 14.0. The molecule has 1 aromatic carbocycles. The molecule has 0 radical (unpaired) electrons.